The van der Waals surface area contributed by atoms with Crippen molar-refractivity contribution in [1.82, 2.24) is 4.90 Å². The fourth-order valence-electron chi connectivity index (χ4n) is 2.34. The molecule has 1 aliphatic rings. The molecule has 0 unspecified atom stereocenters. The highest BCUT2D eigenvalue weighted by Gasteiger charge is 2.33. The maximum absolute atomic E-state index is 12.8. The molecule has 1 aliphatic carbocycles. The Morgan fingerprint density at radius 1 is 1.38 bits per heavy atom. The van der Waals surface area contributed by atoms with Gasteiger partial charge < -0.3 is 4.90 Å². The predicted octanol–water partition coefficient (Wildman–Crippen LogP) is 5.01. The summed E-state index contributed by atoms with van der Waals surface area (Å²) in [6.45, 7) is 0.757. The smallest absolute Gasteiger partial charge is 0.255 e. The van der Waals surface area contributed by atoms with E-state index in [1.54, 1.807) is 17.4 Å². The summed E-state index contributed by atoms with van der Waals surface area (Å²) in [5.41, 5.74) is 0.587. The van der Waals surface area contributed by atoms with E-state index in [4.69, 9.17) is 11.6 Å². The highest BCUT2D eigenvalue weighted by molar-refractivity contribution is 9.10. The van der Waals surface area contributed by atoms with Gasteiger partial charge in [0.05, 0.1) is 10.6 Å². The first-order valence-electron chi connectivity index (χ1n) is 6.93. The van der Waals surface area contributed by atoms with Gasteiger partial charge in [0.2, 0.25) is 0 Å². The average molecular weight is 385 g/mol. The lowest BCUT2D eigenvalue weighted by molar-refractivity contribution is 0.0745. The van der Waals surface area contributed by atoms with Crippen LogP contribution in [-0.2, 0) is 6.42 Å². The lowest BCUT2D eigenvalue weighted by atomic mass is 10.2. The number of rotatable bonds is 5. The lowest BCUT2D eigenvalue weighted by Crippen LogP contribution is -2.35. The molecule has 0 saturated heterocycles. The van der Waals surface area contributed by atoms with Crippen molar-refractivity contribution < 1.29 is 4.79 Å². The third-order valence-electron chi connectivity index (χ3n) is 3.59. The molecule has 1 amide bonds. The van der Waals surface area contributed by atoms with Gasteiger partial charge in [0, 0.05) is 21.9 Å². The normalized spacial score (nSPS) is 14.2. The molecule has 21 heavy (non-hydrogen) atoms. The van der Waals surface area contributed by atoms with Crippen molar-refractivity contribution in [1.29, 1.82) is 0 Å². The minimum Gasteiger partial charge on any atom is -0.335 e. The van der Waals surface area contributed by atoms with E-state index in [1.807, 2.05) is 17.0 Å². The summed E-state index contributed by atoms with van der Waals surface area (Å²) < 4.78 is 0.879. The largest absolute Gasteiger partial charge is 0.335 e. The number of hydrogen-bond donors (Lipinski definition) is 0. The zero-order chi connectivity index (χ0) is 14.8. The third kappa shape index (κ3) is 3.68. The summed E-state index contributed by atoms with van der Waals surface area (Å²) in [4.78, 5) is 16.1. The van der Waals surface area contributed by atoms with E-state index in [0.29, 0.717) is 16.6 Å². The van der Waals surface area contributed by atoms with Crippen molar-refractivity contribution in [2.75, 3.05) is 6.54 Å². The molecule has 0 atom stereocenters. The number of halogens is 2. The number of carbonyl (C=O) groups is 1. The van der Waals surface area contributed by atoms with Crippen LogP contribution in [-0.4, -0.2) is 23.4 Å². The average Bonchev–Trinajstić information content (AvgIpc) is 3.17. The first-order valence-corrected chi connectivity index (χ1v) is 8.98. The number of benzene rings is 1. The fourth-order valence-corrected chi connectivity index (χ4v) is 3.60. The van der Waals surface area contributed by atoms with E-state index < -0.39 is 0 Å². The van der Waals surface area contributed by atoms with Gasteiger partial charge >= 0.3 is 0 Å². The van der Waals surface area contributed by atoms with E-state index in [2.05, 4.69) is 33.4 Å². The van der Waals surface area contributed by atoms with Crippen LogP contribution in [0.5, 0.6) is 0 Å². The number of hydrogen-bond acceptors (Lipinski definition) is 2. The predicted molar refractivity (Wildman–Crippen MR) is 91.2 cm³/mol. The quantitative estimate of drug-likeness (QED) is 0.709. The van der Waals surface area contributed by atoms with Crippen LogP contribution < -0.4 is 0 Å². The molecule has 2 nitrogen and oxygen atoms in total. The minimum absolute atomic E-state index is 0.0420. The Kier molecular flexibility index (Phi) is 4.67. The van der Waals surface area contributed by atoms with Gasteiger partial charge in [0.15, 0.2) is 0 Å². The van der Waals surface area contributed by atoms with Crippen LogP contribution in [0.1, 0.15) is 28.1 Å². The molecule has 3 rings (SSSR count). The Bertz CT molecular complexity index is 640. The van der Waals surface area contributed by atoms with Gasteiger partial charge in [-0.05, 0) is 48.9 Å². The summed E-state index contributed by atoms with van der Waals surface area (Å²) in [5, 5.41) is 2.59. The Hall–Kier alpha value is -0.840. The standard InChI is InChI=1S/C16H15BrClNOS/c17-11-3-6-15(18)14(10-11)16(20)19(12-4-5-12)8-7-13-2-1-9-21-13/h1-3,6,9-10,12H,4-5,7-8H2. The Morgan fingerprint density at radius 3 is 2.86 bits per heavy atom. The summed E-state index contributed by atoms with van der Waals surface area (Å²) in [6.07, 6.45) is 3.11. The van der Waals surface area contributed by atoms with Crippen LogP contribution in [0.2, 0.25) is 5.02 Å². The first-order chi connectivity index (χ1) is 10.1. The van der Waals surface area contributed by atoms with Gasteiger partial charge in [-0.3, -0.25) is 4.79 Å². The number of amides is 1. The van der Waals surface area contributed by atoms with Gasteiger partial charge in [-0.25, -0.2) is 0 Å². The Morgan fingerprint density at radius 2 is 2.19 bits per heavy atom. The van der Waals surface area contributed by atoms with Crippen LogP contribution in [0.3, 0.4) is 0 Å². The molecule has 1 aromatic carbocycles. The molecule has 0 spiro atoms. The second-order valence-electron chi connectivity index (χ2n) is 5.18. The molecule has 1 heterocycles. The van der Waals surface area contributed by atoms with Crippen LogP contribution >= 0.6 is 38.9 Å². The number of nitrogens with zero attached hydrogens (tertiary/aromatic N) is 1. The summed E-state index contributed by atoms with van der Waals surface area (Å²) in [7, 11) is 0. The van der Waals surface area contributed by atoms with E-state index >= 15 is 0 Å². The van der Waals surface area contributed by atoms with Gasteiger partial charge in [-0.2, -0.15) is 0 Å². The fraction of sp³-hybridized carbons (Fsp3) is 0.312. The monoisotopic (exact) mass is 383 g/mol. The lowest BCUT2D eigenvalue weighted by Gasteiger charge is -2.23. The van der Waals surface area contributed by atoms with E-state index in [9.17, 15) is 4.79 Å². The Labute approximate surface area is 141 Å². The molecule has 1 fully saturated rings. The van der Waals surface area contributed by atoms with Gasteiger partial charge in [-0.1, -0.05) is 33.6 Å². The second-order valence-corrected chi connectivity index (χ2v) is 7.54. The van der Waals surface area contributed by atoms with Gasteiger partial charge in [0.25, 0.3) is 5.91 Å². The third-order valence-corrected chi connectivity index (χ3v) is 5.35. The van der Waals surface area contributed by atoms with Crippen molar-refractivity contribution in [2.24, 2.45) is 0 Å². The van der Waals surface area contributed by atoms with Gasteiger partial charge in [0.1, 0.15) is 0 Å². The van der Waals surface area contributed by atoms with E-state index in [1.165, 1.54) is 4.88 Å². The van der Waals surface area contributed by atoms with Crippen LogP contribution in [0.4, 0.5) is 0 Å². The van der Waals surface area contributed by atoms with Crippen molar-refractivity contribution in [2.45, 2.75) is 25.3 Å². The number of thiophene rings is 1. The number of carbonyl (C=O) groups excluding carboxylic acids is 1. The van der Waals surface area contributed by atoms with Crippen molar-refractivity contribution in [3.63, 3.8) is 0 Å². The molecule has 0 aliphatic heterocycles. The Balaban J connectivity index is 1.77. The molecule has 0 bridgehead atoms. The molecule has 0 radical (unpaired) electrons. The van der Waals surface area contributed by atoms with Gasteiger partial charge in [-0.15, -0.1) is 11.3 Å². The molecule has 0 N–H and O–H groups in total. The van der Waals surface area contributed by atoms with Crippen LogP contribution in [0.15, 0.2) is 40.2 Å². The zero-order valence-electron chi connectivity index (χ0n) is 11.4. The van der Waals surface area contributed by atoms with Crippen molar-refractivity contribution in [3.8, 4) is 0 Å². The SMILES string of the molecule is O=C(c1cc(Br)ccc1Cl)N(CCc1cccs1)C1CC1. The summed E-state index contributed by atoms with van der Waals surface area (Å²) >= 11 is 11.3. The maximum atomic E-state index is 12.8. The second kappa shape index (κ2) is 6.51. The van der Waals surface area contributed by atoms with E-state index in [0.717, 1.165) is 30.3 Å². The molecule has 5 heteroatoms. The highest BCUT2D eigenvalue weighted by atomic mass is 79.9. The molecule has 1 saturated carbocycles. The zero-order valence-corrected chi connectivity index (χ0v) is 14.5. The molecule has 110 valence electrons. The van der Waals surface area contributed by atoms with Crippen molar-refractivity contribution >= 4 is 44.8 Å². The van der Waals surface area contributed by atoms with Crippen molar-refractivity contribution in [3.05, 3.63) is 55.6 Å². The topological polar surface area (TPSA) is 20.3 Å². The van der Waals surface area contributed by atoms with Crippen LogP contribution in [0, 0.1) is 0 Å². The molecule has 1 aromatic heterocycles. The molecular weight excluding hydrogens is 370 g/mol. The van der Waals surface area contributed by atoms with E-state index in [-0.39, 0.29) is 5.91 Å². The summed E-state index contributed by atoms with van der Waals surface area (Å²) in [6, 6.07) is 9.98. The molecular formula is C16H15BrClNOS. The minimum atomic E-state index is 0.0420. The summed E-state index contributed by atoms with van der Waals surface area (Å²) in [5.74, 6) is 0.0420. The molecule has 2 aromatic rings. The first kappa shape index (κ1) is 15.1. The highest BCUT2D eigenvalue weighted by Crippen LogP contribution is 2.31. The van der Waals surface area contributed by atoms with Crippen LogP contribution in [0.25, 0.3) is 0 Å². The maximum Gasteiger partial charge on any atom is 0.255 e.